The molecule has 10 heteroatoms. The summed E-state index contributed by atoms with van der Waals surface area (Å²) in [7, 11) is 2.79. The first-order chi connectivity index (χ1) is 14.9. The largest absolute Gasteiger partial charge is 0.492 e. The number of anilines is 2. The Morgan fingerprint density at radius 3 is 2.81 bits per heavy atom. The number of nitrogens with two attached hydrogens (primary N) is 1. The average molecular weight is 431 g/mol. The first kappa shape index (κ1) is 21.1. The minimum Gasteiger partial charge on any atom is -0.492 e. The van der Waals surface area contributed by atoms with E-state index in [0.717, 1.165) is 30.3 Å². The van der Waals surface area contributed by atoms with E-state index in [1.165, 1.54) is 25.3 Å². The van der Waals surface area contributed by atoms with Crippen LogP contribution in [0.5, 0.6) is 5.75 Å². The number of hydrogen-bond acceptors (Lipinski definition) is 7. The van der Waals surface area contributed by atoms with Crippen LogP contribution < -0.4 is 20.4 Å². The zero-order valence-corrected chi connectivity index (χ0v) is 17.6. The number of nitrogens with zero attached hydrogens (tertiary/aromatic N) is 4. The van der Waals surface area contributed by atoms with E-state index in [2.05, 4.69) is 4.98 Å². The number of halogens is 1. The van der Waals surface area contributed by atoms with Gasteiger partial charge in [-0.1, -0.05) is 0 Å². The molecule has 2 aromatic rings. The molecular formula is C21H26FN5O4. The van der Waals surface area contributed by atoms with E-state index >= 15 is 4.39 Å². The number of oxazole rings is 1. The lowest BCUT2D eigenvalue weighted by Crippen LogP contribution is -2.36. The first-order valence-corrected chi connectivity index (χ1v) is 10.2. The van der Waals surface area contributed by atoms with Gasteiger partial charge in [0, 0.05) is 32.6 Å². The molecule has 1 aromatic heterocycles. The monoisotopic (exact) mass is 431 g/mol. The maximum Gasteiger partial charge on any atom is 0.269 e. The number of carbonyl (C=O) groups is 2. The van der Waals surface area contributed by atoms with Crippen LogP contribution in [0.2, 0.25) is 0 Å². The molecule has 1 aromatic carbocycles. The van der Waals surface area contributed by atoms with E-state index in [1.54, 1.807) is 6.20 Å². The van der Waals surface area contributed by atoms with Crippen LogP contribution in [0.1, 0.15) is 35.5 Å². The van der Waals surface area contributed by atoms with Crippen molar-refractivity contribution in [1.82, 2.24) is 9.99 Å². The van der Waals surface area contributed by atoms with Gasteiger partial charge in [-0.25, -0.2) is 15.2 Å². The molecule has 31 heavy (non-hydrogen) atoms. The van der Waals surface area contributed by atoms with Crippen LogP contribution in [0.3, 0.4) is 0 Å². The molecule has 2 N–H and O–H groups in total. The fourth-order valence-corrected chi connectivity index (χ4v) is 4.18. The van der Waals surface area contributed by atoms with Gasteiger partial charge < -0.3 is 19.0 Å². The van der Waals surface area contributed by atoms with Crippen molar-refractivity contribution >= 4 is 23.7 Å². The second-order valence-corrected chi connectivity index (χ2v) is 8.03. The fourth-order valence-electron chi connectivity index (χ4n) is 4.18. The summed E-state index contributed by atoms with van der Waals surface area (Å²) in [5, 5.41) is 0.871. The molecule has 1 aliphatic heterocycles. The van der Waals surface area contributed by atoms with Gasteiger partial charge in [-0.3, -0.25) is 14.6 Å². The average Bonchev–Trinajstić information content (AvgIpc) is 3.26. The summed E-state index contributed by atoms with van der Waals surface area (Å²) in [6.07, 6.45) is 6.90. The van der Waals surface area contributed by atoms with E-state index in [4.69, 9.17) is 15.0 Å². The number of carbonyl (C=O) groups excluding carboxylic acids is 2. The van der Waals surface area contributed by atoms with Crippen LogP contribution in [0.25, 0.3) is 0 Å². The standard InChI is InChI=1S/C21H26FN5O4/c1-25(23)21(29)15-10-16(22)19(20(30-2)18(15)27(12-28)14-3-4-14)26-7-5-13(11-26)9-17-24-6-8-31-17/h6,8,10,12-14H,3-5,7,9,11,23H2,1-2H3. The van der Waals surface area contributed by atoms with Gasteiger partial charge in [0.1, 0.15) is 17.6 Å². The summed E-state index contributed by atoms with van der Waals surface area (Å²) >= 11 is 0. The van der Waals surface area contributed by atoms with E-state index < -0.39 is 11.7 Å². The van der Waals surface area contributed by atoms with Crippen LogP contribution in [-0.2, 0) is 11.2 Å². The van der Waals surface area contributed by atoms with Gasteiger partial charge >= 0.3 is 0 Å². The Morgan fingerprint density at radius 2 is 2.23 bits per heavy atom. The molecule has 0 spiro atoms. The topological polar surface area (TPSA) is 105 Å². The zero-order valence-electron chi connectivity index (χ0n) is 17.6. The van der Waals surface area contributed by atoms with Crippen LogP contribution in [0.4, 0.5) is 15.8 Å². The minimum atomic E-state index is -0.602. The second-order valence-electron chi connectivity index (χ2n) is 8.03. The Kier molecular flexibility index (Phi) is 5.81. The Hall–Kier alpha value is -3.14. The quantitative estimate of drug-likeness (QED) is 0.295. The van der Waals surface area contributed by atoms with Crippen LogP contribution >= 0.6 is 0 Å². The van der Waals surface area contributed by atoms with Crippen molar-refractivity contribution in [2.75, 3.05) is 37.0 Å². The SMILES string of the molecule is COc1c(N2CCC(Cc3ncco3)C2)c(F)cc(C(=O)N(C)N)c1N(C=O)C1CC1. The van der Waals surface area contributed by atoms with Crippen LogP contribution in [0, 0.1) is 11.7 Å². The lowest BCUT2D eigenvalue weighted by atomic mass is 10.0. The number of methoxy groups -OCH3 is 1. The first-order valence-electron chi connectivity index (χ1n) is 10.2. The molecule has 0 bridgehead atoms. The van der Waals surface area contributed by atoms with Crippen molar-refractivity contribution in [1.29, 1.82) is 0 Å². The molecule has 2 aliphatic rings. The lowest BCUT2D eigenvalue weighted by molar-refractivity contribution is -0.107. The van der Waals surface area contributed by atoms with Crippen LogP contribution in [0.15, 0.2) is 22.9 Å². The third kappa shape index (κ3) is 4.07. The van der Waals surface area contributed by atoms with E-state index in [-0.39, 0.29) is 34.6 Å². The Morgan fingerprint density at radius 1 is 1.45 bits per heavy atom. The smallest absolute Gasteiger partial charge is 0.269 e. The van der Waals surface area contributed by atoms with Gasteiger partial charge in [0.05, 0.1) is 18.9 Å². The maximum absolute atomic E-state index is 15.4. The molecule has 166 valence electrons. The highest BCUT2D eigenvalue weighted by Crippen LogP contribution is 2.47. The number of ether oxygens (including phenoxy) is 1. The van der Waals surface area contributed by atoms with Crippen molar-refractivity contribution in [3.05, 3.63) is 35.8 Å². The highest BCUT2D eigenvalue weighted by Gasteiger charge is 2.38. The van der Waals surface area contributed by atoms with Gasteiger partial charge in [-0.15, -0.1) is 0 Å². The normalized spacial score (nSPS) is 18.2. The van der Waals surface area contributed by atoms with E-state index in [0.29, 0.717) is 31.8 Å². The number of benzene rings is 1. The van der Waals surface area contributed by atoms with Gasteiger partial charge in [0.15, 0.2) is 17.5 Å². The number of hydrogen-bond donors (Lipinski definition) is 1. The molecule has 0 radical (unpaired) electrons. The Labute approximate surface area is 179 Å². The summed E-state index contributed by atoms with van der Waals surface area (Å²) in [5.41, 5.74) is 0.503. The molecule has 1 aliphatic carbocycles. The number of hydrazine groups is 1. The molecule has 2 heterocycles. The van der Waals surface area contributed by atoms with Crippen LogP contribution in [-0.4, -0.2) is 55.6 Å². The number of rotatable bonds is 8. The summed E-state index contributed by atoms with van der Waals surface area (Å²) in [6.45, 7) is 1.18. The molecule has 4 rings (SSSR count). The van der Waals surface area contributed by atoms with Gasteiger partial charge in [-0.2, -0.15) is 0 Å². The zero-order chi connectivity index (χ0) is 22.1. The molecule has 1 unspecified atom stereocenters. The predicted molar refractivity (Wildman–Crippen MR) is 111 cm³/mol. The van der Waals surface area contributed by atoms with Crippen molar-refractivity contribution in [3.8, 4) is 5.75 Å². The van der Waals surface area contributed by atoms with Crippen molar-refractivity contribution < 1.29 is 23.1 Å². The van der Waals surface area contributed by atoms with E-state index in [9.17, 15) is 9.59 Å². The third-order valence-corrected chi connectivity index (χ3v) is 5.80. The minimum absolute atomic E-state index is 0.00219. The van der Waals surface area contributed by atoms with Crippen molar-refractivity contribution in [2.45, 2.75) is 31.7 Å². The summed E-state index contributed by atoms with van der Waals surface area (Å²) < 4.78 is 26.3. The van der Waals surface area contributed by atoms with Crippen molar-refractivity contribution in [2.24, 2.45) is 11.8 Å². The molecule has 9 nitrogen and oxygen atoms in total. The summed E-state index contributed by atoms with van der Waals surface area (Å²) in [5.74, 6) is 5.49. The second kappa shape index (κ2) is 8.54. The van der Waals surface area contributed by atoms with Gasteiger partial charge in [0.2, 0.25) is 6.41 Å². The maximum atomic E-state index is 15.4. The Balaban J connectivity index is 1.74. The fraction of sp³-hybridized carbons (Fsp3) is 0.476. The summed E-state index contributed by atoms with van der Waals surface area (Å²) in [4.78, 5) is 32.2. The molecule has 2 fully saturated rings. The Bertz CT molecular complexity index is 961. The third-order valence-electron chi connectivity index (χ3n) is 5.80. The molecule has 1 saturated heterocycles. The highest BCUT2D eigenvalue weighted by molar-refractivity contribution is 6.05. The molecular weight excluding hydrogens is 405 g/mol. The number of amides is 2. The highest BCUT2D eigenvalue weighted by atomic mass is 19.1. The predicted octanol–water partition coefficient (Wildman–Crippen LogP) is 1.96. The lowest BCUT2D eigenvalue weighted by Gasteiger charge is -2.29. The van der Waals surface area contributed by atoms with E-state index in [1.807, 2.05) is 4.90 Å². The van der Waals surface area contributed by atoms with Crippen molar-refractivity contribution in [3.63, 3.8) is 0 Å². The van der Waals surface area contributed by atoms with Gasteiger partial charge in [-0.05, 0) is 31.2 Å². The molecule has 2 amide bonds. The molecule has 1 atom stereocenters. The summed E-state index contributed by atoms with van der Waals surface area (Å²) in [6, 6.07) is 1.11. The van der Waals surface area contributed by atoms with Gasteiger partial charge in [0.25, 0.3) is 5.91 Å². The molecule has 1 saturated carbocycles. The number of aromatic nitrogens is 1.